The summed E-state index contributed by atoms with van der Waals surface area (Å²) in [5, 5.41) is 3.44. The van der Waals surface area contributed by atoms with Gasteiger partial charge >= 0.3 is 5.97 Å². The van der Waals surface area contributed by atoms with Crippen LogP contribution in [0.5, 0.6) is 0 Å². The highest BCUT2D eigenvalue weighted by Crippen LogP contribution is 2.33. The first-order valence-electron chi connectivity index (χ1n) is 5.65. The topological polar surface area (TPSA) is 38.3 Å². The van der Waals surface area contributed by atoms with Crippen LogP contribution in [0.3, 0.4) is 0 Å². The van der Waals surface area contributed by atoms with Gasteiger partial charge in [-0.3, -0.25) is 0 Å². The van der Waals surface area contributed by atoms with E-state index in [1.165, 1.54) is 20.0 Å². The van der Waals surface area contributed by atoms with Gasteiger partial charge in [0.1, 0.15) is 0 Å². The summed E-state index contributed by atoms with van der Waals surface area (Å²) in [7, 11) is 1.39. The fourth-order valence-electron chi connectivity index (χ4n) is 1.80. The predicted octanol–water partition coefficient (Wildman–Crippen LogP) is 2.68. The number of carbonyl (C=O) groups excluding carboxylic acids is 1. The molecule has 0 radical (unpaired) electrons. The van der Waals surface area contributed by atoms with Crippen LogP contribution in [-0.4, -0.2) is 19.1 Å². The summed E-state index contributed by atoms with van der Waals surface area (Å²) in [6, 6.07) is 7.93. The van der Waals surface area contributed by atoms with Crippen LogP contribution in [0, 0.1) is 5.92 Å². The Morgan fingerprint density at radius 1 is 1.38 bits per heavy atom. The van der Waals surface area contributed by atoms with Gasteiger partial charge in [-0.15, -0.1) is 0 Å². The molecule has 1 aromatic carbocycles. The number of hydrogen-bond donors (Lipinski definition) is 1. The Morgan fingerprint density at radius 2 is 2.00 bits per heavy atom. The zero-order valence-corrected chi connectivity index (χ0v) is 9.69. The van der Waals surface area contributed by atoms with E-state index in [9.17, 15) is 4.79 Å². The SMILES string of the molecule is COC(=O)c1ccc(NC(C)C2CC2)cc1. The number of rotatable bonds is 4. The molecule has 1 aliphatic rings. The van der Waals surface area contributed by atoms with E-state index < -0.39 is 0 Å². The maximum atomic E-state index is 11.2. The Kier molecular flexibility index (Phi) is 3.13. The molecule has 86 valence electrons. The van der Waals surface area contributed by atoms with Gasteiger partial charge in [-0.2, -0.15) is 0 Å². The molecule has 0 amide bonds. The van der Waals surface area contributed by atoms with Crippen LogP contribution in [0.4, 0.5) is 5.69 Å². The molecule has 0 saturated heterocycles. The predicted molar refractivity (Wildman–Crippen MR) is 63.6 cm³/mol. The Bertz CT molecular complexity index is 368. The normalized spacial score (nSPS) is 16.6. The van der Waals surface area contributed by atoms with Crippen molar-refractivity contribution in [3.8, 4) is 0 Å². The molecule has 3 heteroatoms. The molecule has 0 bridgehead atoms. The molecule has 0 aromatic heterocycles. The van der Waals surface area contributed by atoms with Crippen LogP contribution in [0.2, 0.25) is 0 Å². The van der Waals surface area contributed by atoms with Crippen LogP contribution in [0.1, 0.15) is 30.1 Å². The van der Waals surface area contributed by atoms with E-state index in [0.29, 0.717) is 11.6 Å². The number of methoxy groups -OCH3 is 1. The molecular weight excluding hydrogens is 202 g/mol. The first-order valence-corrected chi connectivity index (χ1v) is 5.65. The van der Waals surface area contributed by atoms with E-state index >= 15 is 0 Å². The highest BCUT2D eigenvalue weighted by molar-refractivity contribution is 5.89. The highest BCUT2D eigenvalue weighted by atomic mass is 16.5. The quantitative estimate of drug-likeness (QED) is 0.791. The van der Waals surface area contributed by atoms with E-state index in [2.05, 4.69) is 17.0 Å². The Balaban J connectivity index is 1.98. The minimum atomic E-state index is -0.290. The fraction of sp³-hybridized carbons (Fsp3) is 0.462. The molecule has 1 aromatic rings. The van der Waals surface area contributed by atoms with Crippen molar-refractivity contribution in [1.29, 1.82) is 0 Å². The third-order valence-corrected chi connectivity index (χ3v) is 3.03. The largest absolute Gasteiger partial charge is 0.465 e. The van der Waals surface area contributed by atoms with Gasteiger partial charge in [0, 0.05) is 11.7 Å². The number of anilines is 1. The van der Waals surface area contributed by atoms with Crippen molar-refractivity contribution in [1.82, 2.24) is 0 Å². The number of carbonyl (C=O) groups is 1. The van der Waals surface area contributed by atoms with Gasteiger partial charge in [0.05, 0.1) is 12.7 Å². The fourth-order valence-corrected chi connectivity index (χ4v) is 1.80. The number of esters is 1. The Hall–Kier alpha value is -1.51. The summed E-state index contributed by atoms with van der Waals surface area (Å²) < 4.78 is 4.65. The molecule has 1 fully saturated rings. The van der Waals surface area contributed by atoms with Crippen LogP contribution >= 0.6 is 0 Å². The van der Waals surface area contributed by atoms with Crippen LogP contribution in [0.25, 0.3) is 0 Å². The van der Waals surface area contributed by atoms with Crippen molar-refractivity contribution in [2.45, 2.75) is 25.8 Å². The van der Waals surface area contributed by atoms with Gasteiger partial charge < -0.3 is 10.1 Å². The molecule has 0 heterocycles. The van der Waals surface area contributed by atoms with Crippen molar-refractivity contribution in [3.63, 3.8) is 0 Å². The summed E-state index contributed by atoms with van der Waals surface area (Å²) in [6.45, 7) is 2.20. The third kappa shape index (κ3) is 2.54. The summed E-state index contributed by atoms with van der Waals surface area (Å²) >= 11 is 0. The van der Waals surface area contributed by atoms with Gasteiger partial charge in [-0.1, -0.05) is 0 Å². The van der Waals surface area contributed by atoms with Crippen molar-refractivity contribution in [2.75, 3.05) is 12.4 Å². The molecule has 1 N–H and O–H groups in total. The first kappa shape index (κ1) is 11.0. The number of ether oxygens (including phenoxy) is 1. The second-order valence-corrected chi connectivity index (χ2v) is 4.34. The number of nitrogens with one attached hydrogen (secondary N) is 1. The monoisotopic (exact) mass is 219 g/mol. The van der Waals surface area contributed by atoms with Gasteiger partial charge in [0.2, 0.25) is 0 Å². The van der Waals surface area contributed by atoms with Gasteiger partial charge in [-0.05, 0) is 49.9 Å². The second-order valence-electron chi connectivity index (χ2n) is 4.34. The molecule has 2 rings (SSSR count). The molecule has 3 nitrogen and oxygen atoms in total. The second kappa shape index (κ2) is 4.56. The zero-order valence-electron chi connectivity index (χ0n) is 9.69. The van der Waals surface area contributed by atoms with Crippen LogP contribution in [-0.2, 0) is 4.74 Å². The molecule has 1 unspecified atom stereocenters. The lowest BCUT2D eigenvalue weighted by molar-refractivity contribution is 0.0601. The minimum Gasteiger partial charge on any atom is -0.465 e. The average Bonchev–Trinajstić information content (AvgIpc) is 3.13. The van der Waals surface area contributed by atoms with Crippen LogP contribution in [0.15, 0.2) is 24.3 Å². The van der Waals surface area contributed by atoms with E-state index in [1.54, 1.807) is 12.1 Å². The lowest BCUT2D eigenvalue weighted by Gasteiger charge is -2.14. The molecule has 1 saturated carbocycles. The maximum Gasteiger partial charge on any atom is 0.337 e. The lowest BCUT2D eigenvalue weighted by Crippen LogP contribution is -2.17. The van der Waals surface area contributed by atoms with Crippen molar-refractivity contribution < 1.29 is 9.53 Å². The molecule has 16 heavy (non-hydrogen) atoms. The van der Waals surface area contributed by atoms with E-state index in [1.807, 2.05) is 12.1 Å². The molecule has 1 aliphatic carbocycles. The maximum absolute atomic E-state index is 11.2. The smallest absolute Gasteiger partial charge is 0.337 e. The van der Waals surface area contributed by atoms with Crippen molar-refractivity contribution >= 4 is 11.7 Å². The zero-order chi connectivity index (χ0) is 11.5. The van der Waals surface area contributed by atoms with Gasteiger partial charge in [-0.25, -0.2) is 4.79 Å². The highest BCUT2D eigenvalue weighted by Gasteiger charge is 2.27. The molecule has 1 atom stereocenters. The molecular formula is C13H17NO2. The van der Waals surface area contributed by atoms with E-state index in [0.717, 1.165) is 11.6 Å². The Labute approximate surface area is 95.8 Å². The lowest BCUT2D eigenvalue weighted by atomic mass is 10.1. The van der Waals surface area contributed by atoms with Crippen LogP contribution < -0.4 is 5.32 Å². The number of benzene rings is 1. The summed E-state index contributed by atoms with van der Waals surface area (Å²) in [5.41, 5.74) is 1.65. The number of hydrogen-bond acceptors (Lipinski definition) is 3. The average molecular weight is 219 g/mol. The first-order chi connectivity index (χ1) is 7.70. The summed E-state index contributed by atoms with van der Waals surface area (Å²) in [5.74, 6) is 0.530. The van der Waals surface area contributed by atoms with Gasteiger partial charge in [0.15, 0.2) is 0 Å². The summed E-state index contributed by atoms with van der Waals surface area (Å²) in [6.07, 6.45) is 2.66. The molecule has 0 spiro atoms. The Morgan fingerprint density at radius 3 is 2.50 bits per heavy atom. The third-order valence-electron chi connectivity index (χ3n) is 3.03. The summed E-state index contributed by atoms with van der Waals surface area (Å²) in [4.78, 5) is 11.2. The minimum absolute atomic E-state index is 0.290. The molecule has 0 aliphatic heterocycles. The van der Waals surface area contributed by atoms with Crippen molar-refractivity contribution in [3.05, 3.63) is 29.8 Å². The van der Waals surface area contributed by atoms with Gasteiger partial charge in [0.25, 0.3) is 0 Å². The van der Waals surface area contributed by atoms with Crippen molar-refractivity contribution in [2.24, 2.45) is 5.92 Å². The van der Waals surface area contributed by atoms with E-state index in [-0.39, 0.29) is 5.97 Å². The standard InChI is InChI=1S/C13H17NO2/c1-9(10-3-4-10)14-12-7-5-11(6-8-12)13(15)16-2/h5-10,14H,3-4H2,1-2H3. The van der Waals surface area contributed by atoms with E-state index in [4.69, 9.17) is 0 Å².